The van der Waals surface area contributed by atoms with Gasteiger partial charge in [-0.2, -0.15) is 0 Å². The van der Waals surface area contributed by atoms with E-state index in [2.05, 4.69) is 50.7 Å². The summed E-state index contributed by atoms with van der Waals surface area (Å²) in [6.07, 6.45) is 4.74. The van der Waals surface area contributed by atoms with E-state index in [4.69, 9.17) is 0 Å². The van der Waals surface area contributed by atoms with Gasteiger partial charge in [0.2, 0.25) is 0 Å². The van der Waals surface area contributed by atoms with Crippen molar-refractivity contribution < 1.29 is 5.11 Å². The molecule has 2 aromatic rings. The van der Waals surface area contributed by atoms with E-state index in [1.165, 1.54) is 11.3 Å². The third kappa shape index (κ3) is 4.19. The SMILES string of the molecule is CN1CCN(Cc2cncn2Cc2ccccc2)C[C@H]1CCO. The Hall–Kier alpha value is -1.69. The molecule has 23 heavy (non-hydrogen) atoms. The van der Waals surface area contributed by atoms with Gasteiger partial charge in [0.15, 0.2) is 0 Å². The Bertz CT molecular complexity index is 598. The summed E-state index contributed by atoms with van der Waals surface area (Å²) in [7, 11) is 2.15. The molecular weight excluding hydrogens is 288 g/mol. The number of aromatic nitrogens is 2. The van der Waals surface area contributed by atoms with Crippen molar-refractivity contribution in [1.29, 1.82) is 0 Å². The van der Waals surface area contributed by atoms with E-state index >= 15 is 0 Å². The predicted molar refractivity (Wildman–Crippen MR) is 91.2 cm³/mol. The molecule has 3 rings (SSSR count). The van der Waals surface area contributed by atoms with Crippen LogP contribution in [0.25, 0.3) is 0 Å². The van der Waals surface area contributed by atoms with Crippen LogP contribution in [0.3, 0.4) is 0 Å². The fourth-order valence-electron chi connectivity index (χ4n) is 3.25. The molecule has 0 bridgehead atoms. The van der Waals surface area contributed by atoms with Crippen molar-refractivity contribution in [3.05, 3.63) is 54.1 Å². The molecule has 5 heteroatoms. The summed E-state index contributed by atoms with van der Waals surface area (Å²) < 4.78 is 2.23. The van der Waals surface area contributed by atoms with E-state index in [-0.39, 0.29) is 6.61 Å². The highest BCUT2D eigenvalue weighted by Crippen LogP contribution is 2.15. The van der Waals surface area contributed by atoms with E-state index < -0.39 is 0 Å². The summed E-state index contributed by atoms with van der Waals surface area (Å²) in [5.74, 6) is 0. The molecule has 1 atom stereocenters. The van der Waals surface area contributed by atoms with Gasteiger partial charge in [-0.05, 0) is 19.0 Å². The minimum absolute atomic E-state index is 0.259. The molecule has 0 saturated carbocycles. The second kappa shape index (κ2) is 7.73. The Labute approximate surface area is 138 Å². The zero-order valence-corrected chi connectivity index (χ0v) is 13.8. The van der Waals surface area contributed by atoms with E-state index in [1.54, 1.807) is 0 Å². The first kappa shape index (κ1) is 16.2. The fraction of sp³-hybridized carbons (Fsp3) is 0.500. The maximum atomic E-state index is 9.23. The number of hydrogen-bond donors (Lipinski definition) is 1. The summed E-state index contributed by atoms with van der Waals surface area (Å²) >= 11 is 0. The van der Waals surface area contributed by atoms with Gasteiger partial charge in [0.1, 0.15) is 0 Å². The maximum absolute atomic E-state index is 9.23. The van der Waals surface area contributed by atoms with Crippen LogP contribution in [0, 0.1) is 0 Å². The lowest BCUT2D eigenvalue weighted by atomic mass is 10.1. The van der Waals surface area contributed by atoms with Gasteiger partial charge in [-0.25, -0.2) is 4.98 Å². The first-order chi connectivity index (χ1) is 11.3. The number of piperazine rings is 1. The van der Waals surface area contributed by atoms with Gasteiger partial charge in [-0.15, -0.1) is 0 Å². The molecular formula is C18H26N4O. The van der Waals surface area contributed by atoms with Gasteiger partial charge in [0.25, 0.3) is 0 Å². The summed E-state index contributed by atoms with van der Waals surface area (Å²) in [6.45, 7) is 5.17. The summed E-state index contributed by atoms with van der Waals surface area (Å²) in [4.78, 5) is 9.17. The third-order valence-electron chi connectivity index (χ3n) is 4.70. The lowest BCUT2D eigenvalue weighted by Gasteiger charge is -2.39. The fourth-order valence-corrected chi connectivity index (χ4v) is 3.25. The monoisotopic (exact) mass is 314 g/mol. The summed E-state index contributed by atoms with van der Waals surface area (Å²) in [5.41, 5.74) is 2.55. The quantitative estimate of drug-likeness (QED) is 0.876. The molecule has 0 radical (unpaired) electrons. The number of aliphatic hydroxyl groups excluding tert-OH is 1. The van der Waals surface area contributed by atoms with Crippen LogP contribution >= 0.6 is 0 Å². The standard InChI is InChI=1S/C18H26N4O/c1-20-8-9-21(13-17(20)7-10-23)14-18-11-19-15-22(18)12-16-5-3-2-4-6-16/h2-6,11,15,17,23H,7-10,12-14H2,1H3/t17-/m1/s1. The number of aliphatic hydroxyl groups is 1. The van der Waals surface area contributed by atoms with Crippen molar-refractivity contribution >= 4 is 0 Å². The average molecular weight is 314 g/mol. The molecule has 1 N–H and O–H groups in total. The number of nitrogens with zero attached hydrogens (tertiary/aromatic N) is 4. The number of benzene rings is 1. The second-order valence-corrected chi connectivity index (χ2v) is 6.38. The first-order valence-corrected chi connectivity index (χ1v) is 8.32. The maximum Gasteiger partial charge on any atom is 0.0951 e. The number of imidazole rings is 1. The van der Waals surface area contributed by atoms with E-state index in [0.717, 1.165) is 39.1 Å². The van der Waals surface area contributed by atoms with E-state index in [1.807, 2.05) is 18.6 Å². The molecule has 1 saturated heterocycles. The Morgan fingerprint density at radius 3 is 2.78 bits per heavy atom. The molecule has 0 spiro atoms. The highest BCUT2D eigenvalue weighted by atomic mass is 16.3. The largest absolute Gasteiger partial charge is 0.396 e. The summed E-state index contributed by atoms with van der Waals surface area (Å²) in [5, 5.41) is 9.23. The Morgan fingerprint density at radius 2 is 2.00 bits per heavy atom. The first-order valence-electron chi connectivity index (χ1n) is 8.32. The van der Waals surface area contributed by atoms with Crippen molar-refractivity contribution in [3.8, 4) is 0 Å². The zero-order valence-electron chi connectivity index (χ0n) is 13.8. The lowest BCUT2D eigenvalue weighted by Crippen LogP contribution is -2.51. The topological polar surface area (TPSA) is 44.5 Å². The zero-order chi connectivity index (χ0) is 16.1. The van der Waals surface area contributed by atoms with Crippen molar-refractivity contribution in [1.82, 2.24) is 19.4 Å². The molecule has 5 nitrogen and oxygen atoms in total. The second-order valence-electron chi connectivity index (χ2n) is 6.38. The molecule has 1 aromatic carbocycles. The van der Waals surface area contributed by atoms with Crippen LogP contribution < -0.4 is 0 Å². The van der Waals surface area contributed by atoms with Gasteiger partial charge >= 0.3 is 0 Å². The van der Waals surface area contributed by atoms with Crippen molar-refractivity contribution in [3.63, 3.8) is 0 Å². The van der Waals surface area contributed by atoms with Crippen LogP contribution in [0.2, 0.25) is 0 Å². The molecule has 1 aliphatic heterocycles. The molecule has 1 aliphatic rings. The van der Waals surface area contributed by atoms with Crippen LogP contribution in [0.4, 0.5) is 0 Å². The van der Waals surface area contributed by atoms with Crippen LogP contribution in [0.1, 0.15) is 17.7 Å². The normalized spacial score (nSPS) is 20.0. The molecule has 2 heterocycles. The molecule has 1 aromatic heterocycles. The lowest BCUT2D eigenvalue weighted by molar-refractivity contribution is 0.0730. The summed E-state index contributed by atoms with van der Waals surface area (Å²) in [6, 6.07) is 10.9. The van der Waals surface area contributed by atoms with E-state index in [9.17, 15) is 5.11 Å². The minimum Gasteiger partial charge on any atom is -0.396 e. The van der Waals surface area contributed by atoms with Gasteiger partial charge in [0, 0.05) is 51.6 Å². The number of rotatable bonds is 6. The number of hydrogen-bond acceptors (Lipinski definition) is 4. The highest BCUT2D eigenvalue weighted by Gasteiger charge is 2.24. The van der Waals surface area contributed by atoms with Gasteiger partial charge in [-0.1, -0.05) is 30.3 Å². The predicted octanol–water partition coefficient (Wildman–Crippen LogP) is 1.43. The van der Waals surface area contributed by atoms with Crippen LogP contribution in [0.5, 0.6) is 0 Å². The molecule has 1 fully saturated rings. The molecule has 0 amide bonds. The Kier molecular flexibility index (Phi) is 5.43. The van der Waals surface area contributed by atoms with Crippen molar-refractivity contribution in [2.75, 3.05) is 33.3 Å². The van der Waals surface area contributed by atoms with Gasteiger partial charge in [0.05, 0.1) is 12.0 Å². The minimum atomic E-state index is 0.259. The van der Waals surface area contributed by atoms with Crippen molar-refractivity contribution in [2.45, 2.75) is 25.6 Å². The van der Waals surface area contributed by atoms with Crippen LogP contribution in [-0.2, 0) is 13.1 Å². The van der Waals surface area contributed by atoms with E-state index in [0.29, 0.717) is 6.04 Å². The Balaban J connectivity index is 1.63. The Morgan fingerprint density at radius 1 is 1.17 bits per heavy atom. The highest BCUT2D eigenvalue weighted by molar-refractivity contribution is 5.16. The van der Waals surface area contributed by atoms with Crippen LogP contribution in [-0.4, -0.2) is 63.8 Å². The molecule has 0 aliphatic carbocycles. The third-order valence-corrected chi connectivity index (χ3v) is 4.70. The molecule has 124 valence electrons. The number of likely N-dealkylation sites (N-methyl/N-ethyl adjacent to an activating group) is 1. The van der Waals surface area contributed by atoms with Crippen molar-refractivity contribution in [2.24, 2.45) is 0 Å². The van der Waals surface area contributed by atoms with Gasteiger partial charge in [-0.3, -0.25) is 4.90 Å². The van der Waals surface area contributed by atoms with Gasteiger partial charge < -0.3 is 14.6 Å². The smallest absolute Gasteiger partial charge is 0.0951 e. The van der Waals surface area contributed by atoms with Crippen LogP contribution in [0.15, 0.2) is 42.9 Å². The average Bonchev–Trinajstić information content (AvgIpc) is 2.99. The molecule has 0 unspecified atom stereocenters.